The highest BCUT2D eigenvalue weighted by Crippen LogP contribution is 2.43. The van der Waals surface area contributed by atoms with Crippen molar-refractivity contribution in [2.75, 3.05) is 18.0 Å². The van der Waals surface area contributed by atoms with Crippen molar-refractivity contribution in [3.8, 4) is 0 Å². The molecular weight excluding hydrogens is 274 g/mol. The van der Waals surface area contributed by atoms with Gasteiger partial charge in [0.25, 0.3) is 5.56 Å². The molecule has 2 aromatic rings. The number of hydrogen-bond acceptors (Lipinski definition) is 6. The quantitative estimate of drug-likeness (QED) is 0.843. The van der Waals surface area contributed by atoms with Gasteiger partial charge in [-0.3, -0.25) is 4.79 Å². The number of hydrogen-bond donors (Lipinski definition) is 0. The van der Waals surface area contributed by atoms with Crippen LogP contribution in [0.3, 0.4) is 0 Å². The van der Waals surface area contributed by atoms with E-state index in [1.807, 2.05) is 0 Å². The molecule has 20 heavy (non-hydrogen) atoms. The molecule has 0 unspecified atom stereocenters. The van der Waals surface area contributed by atoms with Gasteiger partial charge in [0.2, 0.25) is 5.13 Å². The third-order valence-electron chi connectivity index (χ3n) is 3.80. The summed E-state index contributed by atoms with van der Waals surface area (Å²) in [5, 5.41) is 14.8. The fraction of sp³-hybridized carbons (Fsp3) is 0.538. The van der Waals surface area contributed by atoms with E-state index in [0.29, 0.717) is 18.4 Å². The minimum absolute atomic E-state index is 0.0297. The van der Waals surface area contributed by atoms with Crippen LogP contribution < -0.4 is 10.5 Å². The van der Waals surface area contributed by atoms with E-state index in [0.717, 1.165) is 18.2 Å². The van der Waals surface area contributed by atoms with Crippen LogP contribution in [0.25, 0.3) is 0 Å². The standard InChI is InChI=1S/C13H15N5OS/c19-11-2-1-5-14-18(11)8-9-6-17(7-9)13-16-15-12(20-13)10-3-4-10/h1-2,5,9-10H,3-4,6-8H2. The second kappa shape index (κ2) is 4.66. The lowest BCUT2D eigenvalue weighted by molar-refractivity contribution is 0.334. The van der Waals surface area contributed by atoms with Gasteiger partial charge in [0.05, 0.1) is 6.54 Å². The second-order valence-corrected chi connectivity index (χ2v) is 6.50. The number of nitrogens with zero attached hydrogens (tertiary/aromatic N) is 5. The van der Waals surface area contributed by atoms with Gasteiger partial charge in [-0.25, -0.2) is 4.68 Å². The van der Waals surface area contributed by atoms with Crippen LogP contribution >= 0.6 is 11.3 Å². The summed E-state index contributed by atoms with van der Waals surface area (Å²) in [4.78, 5) is 13.8. The van der Waals surface area contributed by atoms with Crippen LogP contribution in [0.15, 0.2) is 23.1 Å². The van der Waals surface area contributed by atoms with E-state index < -0.39 is 0 Å². The molecule has 0 amide bonds. The van der Waals surface area contributed by atoms with Gasteiger partial charge < -0.3 is 4.90 Å². The summed E-state index contributed by atoms with van der Waals surface area (Å²) < 4.78 is 1.54. The Morgan fingerprint density at radius 3 is 2.90 bits per heavy atom. The van der Waals surface area contributed by atoms with Gasteiger partial charge in [-0.1, -0.05) is 11.3 Å². The topological polar surface area (TPSA) is 63.9 Å². The molecule has 7 heteroatoms. The summed E-state index contributed by atoms with van der Waals surface area (Å²) in [6.45, 7) is 2.55. The first-order chi connectivity index (χ1) is 9.79. The molecule has 0 N–H and O–H groups in total. The molecular formula is C13H15N5OS. The summed E-state index contributed by atoms with van der Waals surface area (Å²) >= 11 is 1.72. The monoisotopic (exact) mass is 289 g/mol. The molecule has 1 aliphatic carbocycles. The molecule has 104 valence electrons. The van der Waals surface area contributed by atoms with E-state index in [1.54, 1.807) is 29.7 Å². The smallest absolute Gasteiger partial charge is 0.266 e. The van der Waals surface area contributed by atoms with E-state index in [1.165, 1.54) is 22.5 Å². The SMILES string of the molecule is O=c1cccnn1CC1CN(c2nnc(C3CC3)s2)C1. The van der Waals surface area contributed by atoms with Gasteiger partial charge >= 0.3 is 0 Å². The van der Waals surface area contributed by atoms with Gasteiger partial charge in [0, 0.05) is 37.2 Å². The lowest BCUT2D eigenvalue weighted by Crippen LogP contribution is -2.49. The van der Waals surface area contributed by atoms with Gasteiger partial charge in [-0.15, -0.1) is 10.2 Å². The minimum Gasteiger partial charge on any atom is -0.346 e. The van der Waals surface area contributed by atoms with Crippen LogP contribution in [0.1, 0.15) is 23.8 Å². The van der Waals surface area contributed by atoms with Gasteiger partial charge in [0.15, 0.2) is 0 Å². The molecule has 6 nitrogen and oxygen atoms in total. The Balaban J connectivity index is 1.37. The second-order valence-electron chi connectivity index (χ2n) is 5.51. The van der Waals surface area contributed by atoms with Gasteiger partial charge in [-0.2, -0.15) is 5.10 Å². The minimum atomic E-state index is -0.0297. The molecule has 2 aliphatic rings. The van der Waals surface area contributed by atoms with Crippen LogP contribution in [0.4, 0.5) is 5.13 Å². The molecule has 0 bridgehead atoms. The Morgan fingerprint density at radius 1 is 1.30 bits per heavy atom. The zero-order valence-electron chi connectivity index (χ0n) is 11.0. The van der Waals surface area contributed by atoms with Crippen LogP contribution in [-0.2, 0) is 6.54 Å². The molecule has 1 aliphatic heterocycles. The Hall–Kier alpha value is -1.76. The van der Waals surface area contributed by atoms with E-state index >= 15 is 0 Å². The Morgan fingerprint density at radius 2 is 2.15 bits per heavy atom. The first-order valence-electron chi connectivity index (χ1n) is 6.90. The molecule has 2 aromatic heterocycles. The largest absolute Gasteiger partial charge is 0.346 e. The van der Waals surface area contributed by atoms with Crippen molar-refractivity contribution in [1.29, 1.82) is 0 Å². The molecule has 0 atom stereocenters. The van der Waals surface area contributed by atoms with Crippen molar-refractivity contribution in [3.05, 3.63) is 33.7 Å². The van der Waals surface area contributed by atoms with Crippen LogP contribution in [0.5, 0.6) is 0 Å². The zero-order chi connectivity index (χ0) is 13.5. The molecule has 1 saturated carbocycles. The molecule has 1 saturated heterocycles. The average Bonchev–Trinajstić information content (AvgIpc) is 3.14. The zero-order valence-corrected chi connectivity index (χ0v) is 11.8. The first-order valence-corrected chi connectivity index (χ1v) is 7.72. The fourth-order valence-electron chi connectivity index (χ4n) is 2.46. The molecule has 0 aromatic carbocycles. The van der Waals surface area contributed by atoms with Crippen molar-refractivity contribution in [1.82, 2.24) is 20.0 Å². The predicted octanol–water partition coefficient (Wildman–Crippen LogP) is 1.11. The summed E-state index contributed by atoms with van der Waals surface area (Å²) in [5.41, 5.74) is -0.0297. The maximum absolute atomic E-state index is 11.6. The third-order valence-corrected chi connectivity index (χ3v) is 4.95. The predicted molar refractivity (Wildman–Crippen MR) is 76.1 cm³/mol. The van der Waals surface area contributed by atoms with Crippen molar-refractivity contribution in [2.24, 2.45) is 5.92 Å². The van der Waals surface area contributed by atoms with Gasteiger partial charge in [0.1, 0.15) is 5.01 Å². The average molecular weight is 289 g/mol. The third kappa shape index (κ3) is 2.22. The highest BCUT2D eigenvalue weighted by Gasteiger charge is 2.32. The van der Waals surface area contributed by atoms with E-state index in [-0.39, 0.29) is 5.56 Å². The number of rotatable bonds is 4. The molecule has 0 radical (unpaired) electrons. The normalized spacial score (nSPS) is 19.1. The first kappa shape index (κ1) is 12.0. The molecule has 2 fully saturated rings. The fourth-order valence-corrected chi connectivity index (χ4v) is 3.49. The van der Waals surface area contributed by atoms with Gasteiger partial charge in [-0.05, 0) is 18.9 Å². The number of anilines is 1. The van der Waals surface area contributed by atoms with Crippen molar-refractivity contribution in [3.63, 3.8) is 0 Å². The molecule has 3 heterocycles. The molecule has 0 spiro atoms. The van der Waals surface area contributed by atoms with Crippen LogP contribution in [0.2, 0.25) is 0 Å². The van der Waals surface area contributed by atoms with Crippen LogP contribution in [0, 0.1) is 5.92 Å². The highest BCUT2D eigenvalue weighted by molar-refractivity contribution is 7.15. The van der Waals surface area contributed by atoms with Crippen molar-refractivity contribution >= 4 is 16.5 Å². The summed E-state index contributed by atoms with van der Waals surface area (Å²) in [6.07, 6.45) is 4.18. The van der Waals surface area contributed by atoms with Crippen LogP contribution in [-0.4, -0.2) is 33.1 Å². The van der Waals surface area contributed by atoms with E-state index in [4.69, 9.17) is 0 Å². The van der Waals surface area contributed by atoms with E-state index in [9.17, 15) is 4.79 Å². The highest BCUT2D eigenvalue weighted by atomic mass is 32.1. The molecule has 4 rings (SSSR count). The van der Waals surface area contributed by atoms with Crippen molar-refractivity contribution in [2.45, 2.75) is 25.3 Å². The Bertz CT molecular complexity index is 671. The lowest BCUT2D eigenvalue weighted by atomic mass is 10.0. The lowest BCUT2D eigenvalue weighted by Gasteiger charge is -2.38. The van der Waals surface area contributed by atoms with Crippen molar-refractivity contribution < 1.29 is 0 Å². The maximum atomic E-state index is 11.6. The Labute approximate surface area is 120 Å². The Kier molecular flexibility index (Phi) is 2.80. The van der Waals surface area contributed by atoms with E-state index in [2.05, 4.69) is 20.2 Å². The summed E-state index contributed by atoms with van der Waals surface area (Å²) in [7, 11) is 0. The maximum Gasteiger partial charge on any atom is 0.266 e. The summed E-state index contributed by atoms with van der Waals surface area (Å²) in [5.74, 6) is 1.14. The number of aromatic nitrogens is 4. The summed E-state index contributed by atoms with van der Waals surface area (Å²) in [6, 6.07) is 3.22.